The molecule has 0 amide bonds. The van der Waals surface area contributed by atoms with Crippen molar-refractivity contribution in [1.29, 1.82) is 0 Å². The van der Waals surface area contributed by atoms with Gasteiger partial charge in [-0.2, -0.15) is 5.10 Å². The number of hydrogen-bond donors (Lipinski definition) is 0. The minimum Gasteiger partial charge on any atom is -0.489 e. The van der Waals surface area contributed by atoms with Crippen LogP contribution in [0.25, 0.3) is 16.9 Å². The summed E-state index contributed by atoms with van der Waals surface area (Å²) in [5.74, 6) is -1.41. The summed E-state index contributed by atoms with van der Waals surface area (Å²) in [6, 6.07) is 22.0. The van der Waals surface area contributed by atoms with Gasteiger partial charge in [-0.05, 0) is 30.3 Å². The van der Waals surface area contributed by atoms with Crippen LogP contribution in [0.4, 0.5) is 4.39 Å². The van der Waals surface area contributed by atoms with Crippen LogP contribution in [0.1, 0.15) is 26.4 Å². The molecule has 0 aliphatic heterocycles. The molecule has 0 spiro atoms. The van der Waals surface area contributed by atoms with Crippen molar-refractivity contribution in [1.82, 2.24) is 9.78 Å². The second-order valence-electron chi connectivity index (χ2n) is 7.21. The van der Waals surface area contributed by atoms with Crippen LogP contribution in [-0.2, 0) is 16.1 Å². The summed E-state index contributed by atoms with van der Waals surface area (Å²) in [5.41, 5.74) is 1.59. The van der Waals surface area contributed by atoms with Crippen molar-refractivity contribution in [3.8, 4) is 22.7 Å². The molecule has 0 atom stereocenters. The lowest BCUT2D eigenvalue weighted by Crippen LogP contribution is -2.15. The van der Waals surface area contributed by atoms with E-state index < -0.39 is 11.9 Å². The Kier molecular flexibility index (Phi) is 6.68. The molecule has 8 heteroatoms. The van der Waals surface area contributed by atoms with Crippen molar-refractivity contribution in [2.45, 2.75) is 6.61 Å². The molecule has 0 bridgehead atoms. The summed E-state index contributed by atoms with van der Waals surface area (Å²) in [7, 11) is 2.45. The van der Waals surface area contributed by atoms with Gasteiger partial charge >= 0.3 is 11.9 Å². The Bertz CT molecular complexity index is 1330. The largest absolute Gasteiger partial charge is 0.489 e. The van der Waals surface area contributed by atoms with Crippen LogP contribution in [0, 0.1) is 5.82 Å². The molecular formula is C26H21FN2O5. The molecule has 1 aromatic heterocycles. The molecular weight excluding hydrogens is 439 g/mol. The second kappa shape index (κ2) is 9.99. The lowest BCUT2D eigenvalue weighted by molar-refractivity contribution is 0.0549. The van der Waals surface area contributed by atoms with Crippen LogP contribution in [0.2, 0.25) is 0 Å². The van der Waals surface area contributed by atoms with Gasteiger partial charge in [0.1, 0.15) is 29.4 Å². The first-order chi connectivity index (χ1) is 16.5. The zero-order chi connectivity index (χ0) is 24.1. The van der Waals surface area contributed by atoms with E-state index in [1.165, 1.54) is 25.0 Å². The van der Waals surface area contributed by atoms with Gasteiger partial charge in [-0.3, -0.25) is 0 Å². The molecule has 1 heterocycles. The van der Waals surface area contributed by atoms with Crippen LogP contribution < -0.4 is 4.74 Å². The van der Waals surface area contributed by atoms with E-state index in [0.717, 1.165) is 0 Å². The predicted octanol–water partition coefficient (Wildman–Crippen LogP) is 4.83. The van der Waals surface area contributed by atoms with Crippen molar-refractivity contribution < 1.29 is 28.2 Å². The number of nitrogens with zero attached hydrogens (tertiary/aromatic N) is 2. The highest BCUT2D eigenvalue weighted by Gasteiger charge is 2.31. The van der Waals surface area contributed by atoms with E-state index in [-0.39, 0.29) is 29.4 Å². The molecule has 34 heavy (non-hydrogen) atoms. The third-order valence-corrected chi connectivity index (χ3v) is 5.11. The first kappa shape index (κ1) is 22.7. The van der Waals surface area contributed by atoms with E-state index in [1.54, 1.807) is 66.7 Å². The maximum atomic E-state index is 13.9. The van der Waals surface area contributed by atoms with Gasteiger partial charge in [-0.25, -0.2) is 18.7 Å². The van der Waals surface area contributed by atoms with Crippen LogP contribution in [-0.4, -0.2) is 35.9 Å². The summed E-state index contributed by atoms with van der Waals surface area (Å²) in [5, 5.41) is 4.56. The van der Waals surface area contributed by atoms with Gasteiger partial charge < -0.3 is 14.2 Å². The van der Waals surface area contributed by atoms with Gasteiger partial charge in [-0.1, -0.05) is 48.5 Å². The molecule has 0 saturated carbocycles. The Labute approximate surface area is 195 Å². The van der Waals surface area contributed by atoms with Crippen molar-refractivity contribution in [3.05, 3.63) is 102 Å². The van der Waals surface area contributed by atoms with Gasteiger partial charge in [0.2, 0.25) is 0 Å². The smallest absolute Gasteiger partial charge is 0.357 e. The molecule has 0 aliphatic carbocycles. The van der Waals surface area contributed by atoms with Crippen LogP contribution in [0.3, 0.4) is 0 Å². The Balaban J connectivity index is 1.80. The summed E-state index contributed by atoms with van der Waals surface area (Å²) in [6.45, 7) is 0.0197. The van der Waals surface area contributed by atoms with E-state index in [9.17, 15) is 14.0 Å². The van der Waals surface area contributed by atoms with E-state index in [0.29, 0.717) is 22.6 Å². The fourth-order valence-corrected chi connectivity index (χ4v) is 3.47. The molecule has 4 rings (SSSR count). The predicted molar refractivity (Wildman–Crippen MR) is 122 cm³/mol. The number of carbonyl (C=O) groups is 2. The molecule has 0 radical (unpaired) electrons. The Morgan fingerprint density at radius 1 is 0.882 bits per heavy atom. The lowest BCUT2D eigenvalue weighted by Gasteiger charge is -2.09. The fraction of sp³-hybridized carbons (Fsp3) is 0.115. The molecule has 172 valence electrons. The summed E-state index contributed by atoms with van der Waals surface area (Å²) >= 11 is 0. The summed E-state index contributed by atoms with van der Waals surface area (Å²) in [6.07, 6.45) is 0. The number of hydrogen-bond acceptors (Lipinski definition) is 6. The van der Waals surface area contributed by atoms with Gasteiger partial charge in [0.25, 0.3) is 0 Å². The monoisotopic (exact) mass is 460 g/mol. The zero-order valence-electron chi connectivity index (χ0n) is 18.5. The molecule has 7 nitrogen and oxygen atoms in total. The van der Waals surface area contributed by atoms with Crippen LogP contribution >= 0.6 is 0 Å². The minimum atomic E-state index is -0.741. The average Bonchev–Trinajstić information content (AvgIpc) is 3.29. The van der Waals surface area contributed by atoms with Gasteiger partial charge in [0.05, 0.1) is 19.9 Å². The van der Waals surface area contributed by atoms with Gasteiger partial charge in [-0.15, -0.1) is 0 Å². The third-order valence-electron chi connectivity index (χ3n) is 5.11. The zero-order valence-corrected chi connectivity index (χ0v) is 18.5. The topological polar surface area (TPSA) is 79.7 Å². The number of ether oxygens (including phenoxy) is 3. The molecule has 4 aromatic rings. The number of rotatable bonds is 7. The van der Waals surface area contributed by atoms with Crippen molar-refractivity contribution >= 4 is 11.9 Å². The SMILES string of the molecule is COC(=O)c1c(-c2cccc(OCc3ccccc3F)c2)nn(-c2ccccc2)c1C(=O)OC. The Morgan fingerprint density at radius 2 is 1.59 bits per heavy atom. The molecule has 0 fully saturated rings. The molecule has 3 aromatic carbocycles. The number of aromatic nitrogens is 2. The highest BCUT2D eigenvalue weighted by molar-refractivity contribution is 6.06. The lowest BCUT2D eigenvalue weighted by atomic mass is 10.1. The number of para-hydroxylation sites is 1. The van der Waals surface area contributed by atoms with Crippen LogP contribution in [0.5, 0.6) is 5.75 Å². The highest BCUT2D eigenvalue weighted by atomic mass is 19.1. The van der Waals surface area contributed by atoms with E-state index in [1.807, 2.05) is 6.07 Å². The van der Waals surface area contributed by atoms with Crippen molar-refractivity contribution in [3.63, 3.8) is 0 Å². The van der Waals surface area contributed by atoms with Gasteiger partial charge in [0.15, 0.2) is 5.69 Å². The maximum Gasteiger partial charge on any atom is 0.357 e. The number of benzene rings is 3. The fourth-order valence-electron chi connectivity index (χ4n) is 3.47. The summed E-state index contributed by atoms with van der Waals surface area (Å²) in [4.78, 5) is 25.5. The molecule has 0 saturated heterocycles. The van der Waals surface area contributed by atoms with Crippen molar-refractivity contribution in [2.75, 3.05) is 14.2 Å². The van der Waals surface area contributed by atoms with E-state index in [4.69, 9.17) is 14.2 Å². The molecule has 0 aliphatic rings. The third kappa shape index (κ3) is 4.52. The number of esters is 2. The van der Waals surface area contributed by atoms with E-state index >= 15 is 0 Å². The maximum absolute atomic E-state index is 13.9. The second-order valence-corrected chi connectivity index (χ2v) is 7.21. The van der Waals surface area contributed by atoms with Gasteiger partial charge in [0, 0.05) is 11.1 Å². The van der Waals surface area contributed by atoms with Crippen molar-refractivity contribution in [2.24, 2.45) is 0 Å². The normalized spacial score (nSPS) is 10.6. The Morgan fingerprint density at radius 3 is 2.29 bits per heavy atom. The number of carbonyl (C=O) groups excluding carboxylic acids is 2. The number of halogens is 1. The first-order valence-corrected chi connectivity index (χ1v) is 10.3. The first-order valence-electron chi connectivity index (χ1n) is 10.3. The quantitative estimate of drug-likeness (QED) is 0.368. The molecule has 0 N–H and O–H groups in total. The van der Waals surface area contributed by atoms with E-state index in [2.05, 4.69) is 5.10 Å². The standard InChI is InChI=1S/C26H21FN2O5/c1-32-25(30)22-23(28-29(24(22)26(31)33-2)19-11-4-3-5-12-19)17-10-8-13-20(15-17)34-16-18-9-6-7-14-21(18)27/h3-15H,16H2,1-2H3. The summed E-state index contributed by atoms with van der Waals surface area (Å²) < 4.78 is 31.0. The highest BCUT2D eigenvalue weighted by Crippen LogP contribution is 2.31. The number of methoxy groups -OCH3 is 2. The minimum absolute atomic E-state index is 0.0197. The van der Waals surface area contributed by atoms with Crippen LogP contribution in [0.15, 0.2) is 78.9 Å². The average molecular weight is 460 g/mol. The Hall–Kier alpha value is -4.46. The molecule has 0 unspecified atom stereocenters.